The van der Waals surface area contributed by atoms with Crippen LogP contribution >= 0.6 is 0 Å². The first-order valence-corrected chi connectivity index (χ1v) is 5.35. The van der Waals surface area contributed by atoms with Crippen LogP contribution in [0.3, 0.4) is 0 Å². The number of nitrogens with zero attached hydrogens (tertiary/aromatic N) is 1. The van der Waals surface area contributed by atoms with E-state index in [0.29, 0.717) is 0 Å². The third-order valence-electron chi connectivity index (χ3n) is 3.15. The molecule has 0 spiro atoms. The van der Waals surface area contributed by atoms with Gasteiger partial charge in [0.2, 0.25) is 0 Å². The van der Waals surface area contributed by atoms with Gasteiger partial charge in [0.25, 0.3) is 0 Å². The van der Waals surface area contributed by atoms with Crippen molar-refractivity contribution in [2.45, 2.75) is 19.1 Å². The van der Waals surface area contributed by atoms with Crippen molar-refractivity contribution >= 4 is 5.69 Å². The minimum absolute atomic E-state index is 0.0248. The summed E-state index contributed by atoms with van der Waals surface area (Å²) in [6.07, 6.45) is -0.175. The van der Waals surface area contributed by atoms with E-state index in [0.717, 1.165) is 17.2 Å². The molecule has 2 rings (SSSR count). The van der Waals surface area contributed by atoms with Gasteiger partial charge in [0.1, 0.15) is 17.6 Å². The summed E-state index contributed by atoms with van der Waals surface area (Å²) in [7, 11) is 3.64. The second-order valence-electron chi connectivity index (χ2n) is 4.02. The van der Waals surface area contributed by atoms with Gasteiger partial charge in [-0.05, 0) is 19.1 Å². The van der Waals surface area contributed by atoms with Crippen LogP contribution in [0.1, 0.15) is 6.92 Å². The van der Waals surface area contributed by atoms with Gasteiger partial charge in [-0.1, -0.05) is 0 Å². The molecule has 2 unspecified atom stereocenters. The SMILES string of the molecule is COc1ccc2c(c1)N(C)C(C)C(CO)O2. The van der Waals surface area contributed by atoms with Crippen LogP contribution < -0.4 is 14.4 Å². The highest BCUT2D eigenvalue weighted by molar-refractivity contribution is 5.63. The number of aliphatic hydroxyl groups is 1. The zero-order valence-electron chi connectivity index (χ0n) is 9.80. The van der Waals surface area contributed by atoms with Crippen LogP contribution in [0, 0.1) is 0 Å². The molecule has 1 aliphatic heterocycles. The molecule has 4 heteroatoms. The van der Waals surface area contributed by atoms with Crippen molar-refractivity contribution < 1.29 is 14.6 Å². The van der Waals surface area contributed by atoms with Crippen LogP contribution in [0.4, 0.5) is 5.69 Å². The van der Waals surface area contributed by atoms with Crippen molar-refractivity contribution in [3.63, 3.8) is 0 Å². The summed E-state index contributed by atoms with van der Waals surface area (Å²) in [6.45, 7) is 2.06. The highest BCUT2D eigenvalue weighted by Gasteiger charge is 2.30. The van der Waals surface area contributed by atoms with Gasteiger partial charge in [-0.15, -0.1) is 0 Å². The topological polar surface area (TPSA) is 41.9 Å². The number of hydrogen-bond donors (Lipinski definition) is 1. The molecule has 0 fully saturated rings. The normalized spacial score (nSPS) is 23.6. The average molecular weight is 223 g/mol. The molecule has 4 nitrogen and oxygen atoms in total. The highest BCUT2D eigenvalue weighted by atomic mass is 16.5. The first-order valence-electron chi connectivity index (χ1n) is 5.35. The minimum atomic E-state index is -0.175. The number of likely N-dealkylation sites (N-methyl/N-ethyl adjacent to an activating group) is 1. The maximum absolute atomic E-state index is 9.23. The van der Waals surface area contributed by atoms with Crippen molar-refractivity contribution in [3.8, 4) is 11.5 Å². The molecule has 0 radical (unpaired) electrons. The number of anilines is 1. The monoisotopic (exact) mass is 223 g/mol. The zero-order chi connectivity index (χ0) is 11.7. The molecule has 0 saturated heterocycles. The Morgan fingerprint density at radius 3 is 2.88 bits per heavy atom. The molecule has 0 amide bonds. The Balaban J connectivity index is 2.38. The smallest absolute Gasteiger partial charge is 0.143 e. The van der Waals surface area contributed by atoms with Crippen LogP contribution in [0.2, 0.25) is 0 Å². The highest BCUT2D eigenvalue weighted by Crippen LogP contribution is 2.37. The largest absolute Gasteiger partial charge is 0.497 e. The van der Waals surface area contributed by atoms with E-state index in [-0.39, 0.29) is 18.8 Å². The van der Waals surface area contributed by atoms with Gasteiger partial charge < -0.3 is 19.5 Å². The van der Waals surface area contributed by atoms with Crippen LogP contribution in [0.5, 0.6) is 11.5 Å². The maximum Gasteiger partial charge on any atom is 0.143 e. The molecule has 0 saturated carbocycles. The molecule has 1 N–H and O–H groups in total. The number of methoxy groups -OCH3 is 1. The molecule has 1 aromatic rings. The van der Waals surface area contributed by atoms with Crippen molar-refractivity contribution in [1.82, 2.24) is 0 Å². The molecule has 88 valence electrons. The Morgan fingerprint density at radius 1 is 1.50 bits per heavy atom. The summed E-state index contributed by atoms with van der Waals surface area (Å²) < 4.78 is 10.9. The van der Waals surface area contributed by atoms with Crippen LogP contribution in [-0.4, -0.2) is 38.0 Å². The molecule has 0 aromatic heterocycles. The van der Waals surface area contributed by atoms with Crippen molar-refractivity contribution in [2.75, 3.05) is 25.7 Å². The fraction of sp³-hybridized carbons (Fsp3) is 0.500. The Hall–Kier alpha value is -1.42. The Kier molecular flexibility index (Phi) is 2.92. The first kappa shape index (κ1) is 11.1. The lowest BCUT2D eigenvalue weighted by molar-refractivity contribution is 0.0888. The Morgan fingerprint density at radius 2 is 2.25 bits per heavy atom. The molecule has 1 heterocycles. The predicted octanol–water partition coefficient (Wildman–Crippen LogP) is 1.27. The Labute approximate surface area is 95.4 Å². The Bertz CT molecular complexity index is 381. The van der Waals surface area contributed by atoms with Crippen LogP contribution in [0.25, 0.3) is 0 Å². The summed E-state index contributed by atoms with van der Waals surface area (Å²) in [6, 6.07) is 5.82. The molecule has 2 atom stereocenters. The number of hydrogen-bond acceptors (Lipinski definition) is 4. The maximum atomic E-state index is 9.23. The van der Waals surface area contributed by atoms with Gasteiger partial charge in [-0.25, -0.2) is 0 Å². The fourth-order valence-electron chi connectivity index (χ4n) is 1.92. The number of rotatable bonds is 2. The minimum Gasteiger partial charge on any atom is -0.497 e. The van der Waals surface area contributed by atoms with E-state index in [1.54, 1.807) is 7.11 Å². The first-order chi connectivity index (χ1) is 7.67. The summed E-state index contributed by atoms with van der Waals surface area (Å²) in [5, 5.41) is 9.23. The number of benzene rings is 1. The van der Waals surface area contributed by atoms with E-state index in [1.165, 1.54) is 0 Å². The summed E-state index contributed by atoms with van der Waals surface area (Å²) in [5.74, 6) is 1.60. The van der Waals surface area contributed by atoms with Gasteiger partial charge in [0.05, 0.1) is 25.4 Å². The molecule has 16 heavy (non-hydrogen) atoms. The third kappa shape index (κ3) is 1.69. The molecule has 1 aliphatic rings. The van der Waals surface area contributed by atoms with Gasteiger partial charge >= 0.3 is 0 Å². The van der Waals surface area contributed by atoms with Gasteiger partial charge in [0.15, 0.2) is 0 Å². The lowest BCUT2D eigenvalue weighted by Crippen LogP contribution is -2.47. The molecule has 1 aromatic carbocycles. The summed E-state index contributed by atoms with van der Waals surface area (Å²) in [4.78, 5) is 2.10. The van der Waals surface area contributed by atoms with E-state index < -0.39 is 0 Å². The summed E-state index contributed by atoms with van der Waals surface area (Å²) in [5.41, 5.74) is 0.997. The average Bonchev–Trinajstić information content (AvgIpc) is 2.33. The molecule has 0 aliphatic carbocycles. The van der Waals surface area contributed by atoms with Crippen LogP contribution in [-0.2, 0) is 0 Å². The van der Waals surface area contributed by atoms with Gasteiger partial charge in [0, 0.05) is 13.1 Å². The van der Waals surface area contributed by atoms with Crippen molar-refractivity contribution in [1.29, 1.82) is 0 Å². The number of aliphatic hydroxyl groups excluding tert-OH is 1. The number of ether oxygens (including phenoxy) is 2. The van der Waals surface area contributed by atoms with Crippen LogP contribution in [0.15, 0.2) is 18.2 Å². The van der Waals surface area contributed by atoms with Gasteiger partial charge in [-0.3, -0.25) is 0 Å². The third-order valence-corrected chi connectivity index (χ3v) is 3.15. The second-order valence-corrected chi connectivity index (χ2v) is 4.02. The van der Waals surface area contributed by atoms with E-state index >= 15 is 0 Å². The predicted molar refractivity (Wildman–Crippen MR) is 62.4 cm³/mol. The van der Waals surface area contributed by atoms with Gasteiger partial charge in [-0.2, -0.15) is 0 Å². The molecule has 0 bridgehead atoms. The molecular formula is C12H17NO3. The lowest BCUT2D eigenvalue weighted by atomic mass is 10.1. The lowest BCUT2D eigenvalue weighted by Gasteiger charge is -2.39. The quantitative estimate of drug-likeness (QED) is 0.820. The number of fused-ring (bicyclic) bond motifs is 1. The van der Waals surface area contributed by atoms with E-state index in [4.69, 9.17) is 9.47 Å². The zero-order valence-corrected chi connectivity index (χ0v) is 9.80. The van der Waals surface area contributed by atoms with E-state index in [1.807, 2.05) is 32.2 Å². The standard InChI is InChI=1S/C12H17NO3/c1-8-12(7-14)16-11-5-4-9(15-3)6-10(11)13(8)2/h4-6,8,12,14H,7H2,1-3H3. The van der Waals surface area contributed by atoms with Crippen molar-refractivity contribution in [3.05, 3.63) is 18.2 Å². The van der Waals surface area contributed by atoms with E-state index in [9.17, 15) is 5.11 Å². The van der Waals surface area contributed by atoms with E-state index in [2.05, 4.69) is 4.90 Å². The molecular weight excluding hydrogens is 206 g/mol. The fourth-order valence-corrected chi connectivity index (χ4v) is 1.92. The van der Waals surface area contributed by atoms with Crippen molar-refractivity contribution in [2.24, 2.45) is 0 Å². The summed E-state index contributed by atoms with van der Waals surface area (Å²) >= 11 is 0. The second kappa shape index (κ2) is 4.22.